The van der Waals surface area contributed by atoms with Crippen LogP contribution >= 0.6 is 0 Å². The first-order valence-corrected chi connectivity index (χ1v) is 10.9. The summed E-state index contributed by atoms with van der Waals surface area (Å²) < 4.78 is 30.2. The maximum Gasteiger partial charge on any atom is 0.244 e. The lowest BCUT2D eigenvalue weighted by molar-refractivity contribution is -0.116. The van der Waals surface area contributed by atoms with Gasteiger partial charge in [-0.1, -0.05) is 24.3 Å². The monoisotopic (exact) mass is 459 g/mol. The summed E-state index contributed by atoms with van der Waals surface area (Å²) in [5, 5.41) is 3.78. The Labute approximate surface area is 197 Å². The van der Waals surface area contributed by atoms with Gasteiger partial charge >= 0.3 is 0 Å². The van der Waals surface area contributed by atoms with Crippen LogP contribution < -0.4 is 14.8 Å². The molecule has 1 N–H and O–H groups in total. The number of aryl methyl sites for hydroxylation is 1. The van der Waals surface area contributed by atoms with E-state index in [0.717, 1.165) is 44.5 Å². The van der Waals surface area contributed by atoms with E-state index in [1.807, 2.05) is 44.2 Å². The molecule has 6 heteroatoms. The van der Waals surface area contributed by atoms with Gasteiger partial charge in [0, 0.05) is 34.7 Å². The van der Waals surface area contributed by atoms with Crippen molar-refractivity contribution >= 4 is 22.4 Å². The molecule has 0 bridgehead atoms. The zero-order chi connectivity index (χ0) is 24.2. The number of fused-ring (bicyclic) bond motifs is 1. The van der Waals surface area contributed by atoms with Crippen molar-refractivity contribution in [3.05, 3.63) is 89.4 Å². The number of amides is 1. The quantitative estimate of drug-likeness (QED) is 0.330. The fourth-order valence-corrected chi connectivity index (χ4v) is 4.02. The summed E-state index contributed by atoms with van der Waals surface area (Å²) >= 11 is 0. The van der Waals surface area contributed by atoms with Gasteiger partial charge in [0.1, 0.15) is 22.9 Å². The van der Waals surface area contributed by atoms with E-state index in [-0.39, 0.29) is 11.7 Å². The number of ether oxygens (including phenoxy) is 2. The van der Waals surface area contributed by atoms with E-state index in [1.54, 1.807) is 38.7 Å². The number of allylic oxidation sites excluding steroid dienone is 1. The number of hydrogen-bond donors (Lipinski definition) is 1. The summed E-state index contributed by atoms with van der Waals surface area (Å²) in [5.41, 5.74) is 5.68. The Hall–Kier alpha value is -4.06. The molecule has 1 heterocycles. The third-order valence-electron chi connectivity index (χ3n) is 5.78. The zero-order valence-corrected chi connectivity index (χ0v) is 19.6. The smallest absolute Gasteiger partial charge is 0.244 e. The average Bonchev–Trinajstić information content (AvgIpc) is 3.27. The van der Waals surface area contributed by atoms with E-state index in [4.69, 9.17) is 13.9 Å². The number of methoxy groups -OCH3 is 2. The van der Waals surface area contributed by atoms with Crippen LogP contribution in [0.3, 0.4) is 0 Å². The summed E-state index contributed by atoms with van der Waals surface area (Å²) in [7, 11) is 3.20. The molecule has 0 spiro atoms. The first-order chi connectivity index (χ1) is 16.4. The largest absolute Gasteiger partial charge is 0.497 e. The Morgan fingerprint density at radius 3 is 2.56 bits per heavy atom. The highest BCUT2D eigenvalue weighted by Gasteiger charge is 2.19. The summed E-state index contributed by atoms with van der Waals surface area (Å²) in [5.74, 6) is 0.866. The van der Waals surface area contributed by atoms with Crippen LogP contribution in [0.5, 0.6) is 11.5 Å². The molecule has 0 aliphatic carbocycles. The summed E-state index contributed by atoms with van der Waals surface area (Å²) in [4.78, 5) is 12.7. The molecule has 0 unspecified atom stereocenters. The maximum absolute atomic E-state index is 13.4. The van der Waals surface area contributed by atoms with Crippen LogP contribution in [0.4, 0.5) is 4.39 Å². The van der Waals surface area contributed by atoms with Crippen molar-refractivity contribution in [2.45, 2.75) is 20.4 Å². The maximum atomic E-state index is 13.4. The molecule has 5 nitrogen and oxygen atoms in total. The number of nitrogens with one attached hydrogen (secondary N) is 1. The van der Waals surface area contributed by atoms with Crippen molar-refractivity contribution in [1.29, 1.82) is 0 Å². The first-order valence-electron chi connectivity index (χ1n) is 10.9. The van der Waals surface area contributed by atoms with Crippen LogP contribution in [0.25, 0.3) is 27.7 Å². The van der Waals surface area contributed by atoms with Gasteiger partial charge in [-0.05, 0) is 60.9 Å². The molecule has 4 rings (SSSR count). The van der Waals surface area contributed by atoms with Crippen molar-refractivity contribution in [1.82, 2.24) is 5.32 Å². The molecule has 0 aliphatic heterocycles. The third-order valence-corrected chi connectivity index (χ3v) is 5.78. The van der Waals surface area contributed by atoms with Gasteiger partial charge in [0.25, 0.3) is 0 Å². The van der Waals surface area contributed by atoms with Gasteiger partial charge in [-0.3, -0.25) is 4.79 Å². The minimum atomic E-state index is -0.297. The van der Waals surface area contributed by atoms with Crippen LogP contribution in [0.1, 0.15) is 23.6 Å². The molecule has 3 aromatic carbocycles. The van der Waals surface area contributed by atoms with Gasteiger partial charge in [0.2, 0.25) is 5.91 Å². The number of carbonyl (C=O) groups excluding carboxylic acids is 1. The second-order valence-corrected chi connectivity index (χ2v) is 8.01. The van der Waals surface area contributed by atoms with Crippen LogP contribution in [0.15, 0.2) is 71.4 Å². The lowest BCUT2D eigenvalue weighted by Gasteiger charge is -2.13. The first kappa shape index (κ1) is 23.1. The Morgan fingerprint density at radius 1 is 1.09 bits per heavy atom. The Morgan fingerprint density at radius 2 is 1.85 bits per heavy atom. The molecule has 4 aromatic rings. The van der Waals surface area contributed by atoms with E-state index in [2.05, 4.69) is 5.32 Å². The topological polar surface area (TPSA) is 60.7 Å². The van der Waals surface area contributed by atoms with Crippen molar-refractivity contribution in [2.75, 3.05) is 14.2 Å². The number of hydrogen-bond acceptors (Lipinski definition) is 4. The highest BCUT2D eigenvalue weighted by Crippen LogP contribution is 2.40. The molecule has 0 saturated carbocycles. The Balaban J connectivity index is 1.66. The molecular weight excluding hydrogens is 433 g/mol. The van der Waals surface area contributed by atoms with Crippen LogP contribution in [-0.4, -0.2) is 20.1 Å². The molecule has 34 heavy (non-hydrogen) atoms. The second-order valence-electron chi connectivity index (χ2n) is 8.01. The second kappa shape index (κ2) is 9.83. The number of carbonyl (C=O) groups is 1. The zero-order valence-electron chi connectivity index (χ0n) is 19.6. The molecule has 0 fully saturated rings. The molecule has 0 atom stereocenters. The molecule has 0 aliphatic rings. The highest BCUT2D eigenvalue weighted by molar-refractivity contribution is 6.01. The number of benzene rings is 3. The predicted octanol–water partition coefficient (Wildman–Crippen LogP) is 6.28. The molecule has 1 aromatic heterocycles. The average molecular weight is 460 g/mol. The Bertz CT molecular complexity index is 1370. The van der Waals surface area contributed by atoms with E-state index in [1.165, 1.54) is 12.1 Å². The standard InChI is InChI=1S/C28H26FNO4/c1-17(12-26(31)30-15-19-6-5-7-22(13-19)32-3)23-14-24-25(20-8-10-21(29)11-9-20)16-34-28(24)18(2)27(23)33-4/h5-14,16H,15H2,1-4H3,(H,30,31)/b17-12+. The molecule has 1 amide bonds. The van der Waals surface area contributed by atoms with Crippen LogP contribution in [0, 0.1) is 12.7 Å². The Kier molecular flexibility index (Phi) is 6.68. The van der Waals surface area contributed by atoms with E-state index >= 15 is 0 Å². The SMILES string of the molecule is COc1cccc(CNC(=O)/C=C(\C)c2cc3c(-c4ccc(F)cc4)coc3c(C)c2OC)c1. The number of furan rings is 1. The fraction of sp³-hybridized carbons (Fsp3) is 0.179. The van der Waals surface area contributed by atoms with Crippen LogP contribution in [0.2, 0.25) is 0 Å². The lowest BCUT2D eigenvalue weighted by atomic mass is 9.96. The molecule has 174 valence electrons. The highest BCUT2D eigenvalue weighted by atomic mass is 19.1. The van der Waals surface area contributed by atoms with E-state index in [0.29, 0.717) is 17.9 Å². The van der Waals surface area contributed by atoms with Crippen molar-refractivity contribution < 1.29 is 23.1 Å². The summed E-state index contributed by atoms with van der Waals surface area (Å²) in [6.45, 7) is 4.16. The van der Waals surface area contributed by atoms with Crippen molar-refractivity contribution in [3.63, 3.8) is 0 Å². The lowest BCUT2D eigenvalue weighted by Crippen LogP contribution is -2.20. The fourth-order valence-electron chi connectivity index (χ4n) is 4.02. The third kappa shape index (κ3) is 4.66. The predicted molar refractivity (Wildman–Crippen MR) is 131 cm³/mol. The molecule has 0 radical (unpaired) electrons. The minimum absolute atomic E-state index is 0.217. The molecule has 0 saturated heterocycles. The van der Waals surface area contributed by atoms with E-state index < -0.39 is 0 Å². The van der Waals surface area contributed by atoms with Gasteiger partial charge in [-0.25, -0.2) is 4.39 Å². The van der Waals surface area contributed by atoms with Gasteiger partial charge in [-0.2, -0.15) is 0 Å². The van der Waals surface area contributed by atoms with Gasteiger partial charge in [-0.15, -0.1) is 0 Å². The normalized spacial score (nSPS) is 11.5. The van der Waals surface area contributed by atoms with Crippen LogP contribution in [-0.2, 0) is 11.3 Å². The van der Waals surface area contributed by atoms with Gasteiger partial charge in [0.15, 0.2) is 0 Å². The van der Waals surface area contributed by atoms with Crippen molar-refractivity contribution in [2.24, 2.45) is 0 Å². The van der Waals surface area contributed by atoms with Gasteiger partial charge < -0.3 is 19.2 Å². The van der Waals surface area contributed by atoms with Gasteiger partial charge in [0.05, 0.1) is 20.5 Å². The van der Waals surface area contributed by atoms with Crippen molar-refractivity contribution in [3.8, 4) is 22.6 Å². The molecular formula is C28H26FNO4. The summed E-state index contributed by atoms with van der Waals surface area (Å²) in [6, 6.07) is 15.8. The number of rotatable bonds is 7. The van der Waals surface area contributed by atoms with E-state index in [9.17, 15) is 9.18 Å². The minimum Gasteiger partial charge on any atom is -0.497 e. The summed E-state index contributed by atoms with van der Waals surface area (Å²) in [6.07, 6.45) is 3.22. The number of halogens is 1.